The van der Waals surface area contributed by atoms with Crippen molar-refractivity contribution in [3.8, 4) is 0 Å². The summed E-state index contributed by atoms with van der Waals surface area (Å²) < 4.78 is 1.84. The third kappa shape index (κ3) is 5.14. The second kappa shape index (κ2) is 9.56. The smallest absolute Gasteiger partial charge is 0.277 e. The number of rotatable bonds is 6. The van der Waals surface area contributed by atoms with Crippen molar-refractivity contribution in [1.82, 2.24) is 20.3 Å². The van der Waals surface area contributed by atoms with Crippen LogP contribution in [0.15, 0.2) is 30.5 Å². The van der Waals surface area contributed by atoms with E-state index in [1.54, 1.807) is 6.20 Å². The van der Waals surface area contributed by atoms with Crippen LogP contribution in [-0.2, 0) is 5.75 Å². The van der Waals surface area contributed by atoms with Crippen LogP contribution in [0.3, 0.4) is 0 Å². The Bertz CT molecular complexity index is 781. The lowest BCUT2D eigenvalue weighted by Gasteiger charge is -2.22. The Kier molecular flexibility index (Phi) is 6.65. The number of aromatic nitrogens is 3. The number of amides is 1. The fourth-order valence-electron chi connectivity index (χ4n) is 4.01. The molecule has 2 N–H and O–H groups in total. The highest BCUT2D eigenvalue weighted by atomic mass is 32.2. The SMILES string of the molecule is O=C(Nc1cccc(CSC2CCCCC2)c1)c1cn(C2CCNCC2)nn1. The fraction of sp³-hybridized carbons (Fsp3) is 0.571. The van der Waals surface area contributed by atoms with Gasteiger partial charge in [0.05, 0.1) is 12.2 Å². The van der Waals surface area contributed by atoms with Crippen LogP contribution in [0.5, 0.6) is 0 Å². The lowest BCUT2D eigenvalue weighted by molar-refractivity contribution is 0.102. The summed E-state index contributed by atoms with van der Waals surface area (Å²) in [6.07, 6.45) is 10.6. The molecule has 4 rings (SSSR count). The van der Waals surface area contributed by atoms with E-state index < -0.39 is 0 Å². The van der Waals surface area contributed by atoms with Crippen molar-refractivity contribution in [2.75, 3.05) is 18.4 Å². The molecule has 28 heavy (non-hydrogen) atoms. The number of hydrogen-bond donors (Lipinski definition) is 2. The summed E-state index contributed by atoms with van der Waals surface area (Å²) in [5, 5.41) is 15.4. The zero-order valence-corrected chi connectivity index (χ0v) is 17.1. The molecule has 150 valence electrons. The summed E-state index contributed by atoms with van der Waals surface area (Å²) in [6.45, 7) is 1.97. The molecule has 1 amide bonds. The number of nitrogens with one attached hydrogen (secondary N) is 2. The number of anilines is 1. The quantitative estimate of drug-likeness (QED) is 0.768. The second-order valence-electron chi connectivity index (χ2n) is 7.79. The van der Waals surface area contributed by atoms with Gasteiger partial charge in [0.15, 0.2) is 5.69 Å². The van der Waals surface area contributed by atoms with Crippen LogP contribution < -0.4 is 10.6 Å². The first-order valence-electron chi connectivity index (χ1n) is 10.4. The van der Waals surface area contributed by atoms with Crippen LogP contribution in [-0.4, -0.2) is 39.2 Å². The van der Waals surface area contributed by atoms with Gasteiger partial charge in [-0.1, -0.05) is 36.6 Å². The van der Waals surface area contributed by atoms with Gasteiger partial charge in [0, 0.05) is 16.7 Å². The molecule has 1 aromatic carbocycles. The normalized spacial score (nSPS) is 18.9. The van der Waals surface area contributed by atoms with Gasteiger partial charge < -0.3 is 10.6 Å². The highest BCUT2D eigenvalue weighted by Crippen LogP contribution is 2.30. The van der Waals surface area contributed by atoms with Crippen molar-refractivity contribution in [3.05, 3.63) is 41.7 Å². The maximum atomic E-state index is 12.6. The molecule has 0 bridgehead atoms. The highest BCUT2D eigenvalue weighted by molar-refractivity contribution is 7.99. The van der Waals surface area contributed by atoms with Crippen molar-refractivity contribution < 1.29 is 4.79 Å². The number of benzene rings is 1. The monoisotopic (exact) mass is 399 g/mol. The second-order valence-corrected chi connectivity index (χ2v) is 9.08. The van der Waals surface area contributed by atoms with E-state index in [9.17, 15) is 4.79 Å². The summed E-state index contributed by atoms with van der Waals surface area (Å²) >= 11 is 2.05. The van der Waals surface area contributed by atoms with Gasteiger partial charge in [-0.25, -0.2) is 4.68 Å². The fourth-order valence-corrected chi connectivity index (χ4v) is 5.28. The molecule has 0 atom stereocenters. The van der Waals surface area contributed by atoms with Gasteiger partial charge in [-0.3, -0.25) is 4.79 Å². The number of carbonyl (C=O) groups is 1. The van der Waals surface area contributed by atoms with Crippen molar-refractivity contribution in [1.29, 1.82) is 0 Å². The lowest BCUT2D eigenvalue weighted by atomic mass is 10.0. The molecule has 0 spiro atoms. The molecule has 2 aliphatic rings. The summed E-state index contributed by atoms with van der Waals surface area (Å²) in [4.78, 5) is 12.6. The zero-order chi connectivity index (χ0) is 19.2. The predicted octanol–water partition coefficient (Wildman–Crippen LogP) is 4.02. The van der Waals surface area contributed by atoms with E-state index in [2.05, 4.69) is 44.8 Å². The summed E-state index contributed by atoms with van der Waals surface area (Å²) in [7, 11) is 0. The Balaban J connectivity index is 1.33. The van der Waals surface area contributed by atoms with Gasteiger partial charge in [0.25, 0.3) is 5.91 Å². The largest absolute Gasteiger partial charge is 0.321 e. The Labute approximate surface area is 170 Å². The molecule has 0 radical (unpaired) electrons. The molecule has 1 aliphatic heterocycles. The molecule has 1 saturated heterocycles. The van der Waals surface area contributed by atoms with Crippen molar-refractivity contribution in [2.45, 2.75) is 62.0 Å². The van der Waals surface area contributed by atoms with E-state index in [0.717, 1.165) is 42.6 Å². The third-order valence-corrected chi connectivity index (χ3v) is 7.09. The average molecular weight is 400 g/mol. The highest BCUT2D eigenvalue weighted by Gasteiger charge is 2.19. The Morgan fingerprint density at radius 3 is 2.82 bits per heavy atom. The van der Waals surface area contributed by atoms with E-state index >= 15 is 0 Å². The molecule has 6 nitrogen and oxygen atoms in total. The average Bonchev–Trinajstić information content (AvgIpc) is 3.25. The Morgan fingerprint density at radius 2 is 2.00 bits per heavy atom. The molecular formula is C21H29N5OS. The minimum Gasteiger partial charge on any atom is -0.321 e. The number of thioether (sulfide) groups is 1. The van der Waals surface area contributed by atoms with E-state index in [4.69, 9.17) is 0 Å². The first kappa shape index (κ1) is 19.5. The molecule has 2 heterocycles. The van der Waals surface area contributed by atoms with Gasteiger partial charge in [0.1, 0.15) is 0 Å². The molecule has 1 aromatic heterocycles. The summed E-state index contributed by atoms with van der Waals surface area (Å²) in [5.74, 6) is 0.803. The number of piperidine rings is 1. The van der Waals surface area contributed by atoms with Gasteiger partial charge in [0.2, 0.25) is 0 Å². The van der Waals surface area contributed by atoms with Gasteiger partial charge >= 0.3 is 0 Å². The number of hydrogen-bond acceptors (Lipinski definition) is 5. The first-order valence-corrected chi connectivity index (χ1v) is 11.5. The van der Waals surface area contributed by atoms with E-state index in [0.29, 0.717) is 11.7 Å². The Morgan fingerprint density at radius 1 is 1.18 bits per heavy atom. The maximum Gasteiger partial charge on any atom is 0.277 e. The molecule has 2 fully saturated rings. The number of nitrogens with zero attached hydrogens (tertiary/aromatic N) is 3. The zero-order valence-electron chi connectivity index (χ0n) is 16.3. The molecule has 1 aliphatic carbocycles. The van der Waals surface area contributed by atoms with Gasteiger partial charge in [-0.2, -0.15) is 11.8 Å². The van der Waals surface area contributed by atoms with Crippen LogP contribution in [0.25, 0.3) is 0 Å². The van der Waals surface area contributed by atoms with E-state index in [1.165, 1.54) is 37.7 Å². The Hall–Kier alpha value is -1.86. The van der Waals surface area contributed by atoms with Crippen molar-refractivity contribution in [2.24, 2.45) is 0 Å². The minimum absolute atomic E-state index is 0.197. The van der Waals surface area contributed by atoms with Crippen LogP contribution in [0.1, 0.15) is 67.0 Å². The van der Waals surface area contributed by atoms with Crippen LogP contribution in [0.2, 0.25) is 0 Å². The van der Waals surface area contributed by atoms with Crippen LogP contribution in [0, 0.1) is 0 Å². The number of carbonyl (C=O) groups excluding carboxylic acids is 1. The van der Waals surface area contributed by atoms with E-state index in [-0.39, 0.29) is 5.91 Å². The third-order valence-electron chi connectivity index (χ3n) is 5.65. The summed E-state index contributed by atoms with van der Waals surface area (Å²) in [5.41, 5.74) is 2.45. The maximum absolute atomic E-state index is 12.6. The summed E-state index contributed by atoms with van der Waals surface area (Å²) in [6, 6.07) is 8.49. The predicted molar refractivity (Wildman–Crippen MR) is 114 cm³/mol. The first-order chi connectivity index (χ1) is 13.8. The van der Waals surface area contributed by atoms with Crippen molar-refractivity contribution in [3.63, 3.8) is 0 Å². The standard InChI is InChI=1S/C21H29N5OS/c27-21(20-14-26(25-24-20)18-9-11-22-12-10-18)23-17-6-4-5-16(13-17)15-28-19-7-2-1-3-8-19/h4-6,13-14,18-19,22H,1-3,7-12,15H2,(H,23,27). The topological polar surface area (TPSA) is 71.8 Å². The van der Waals surface area contributed by atoms with Gasteiger partial charge in [-0.05, 0) is 56.5 Å². The van der Waals surface area contributed by atoms with Crippen LogP contribution >= 0.6 is 11.8 Å². The minimum atomic E-state index is -0.197. The molecule has 0 unspecified atom stereocenters. The molecule has 1 saturated carbocycles. The van der Waals surface area contributed by atoms with Gasteiger partial charge in [-0.15, -0.1) is 5.10 Å². The lowest BCUT2D eigenvalue weighted by Crippen LogP contribution is -2.29. The molecule has 7 heteroatoms. The van der Waals surface area contributed by atoms with Crippen molar-refractivity contribution >= 4 is 23.4 Å². The van der Waals surface area contributed by atoms with Crippen LogP contribution in [0.4, 0.5) is 5.69 Å². The van der Waals surface area contributed by atoms with E-state index in [1.807, 2.05) is 16.8 Å². The molecular weight excluding hydrogens is 370 g/mol. The molecule has 2 aromatic rings.